The summed E-state index contributed by atoms with van der Waals surface area (Å²) >= 11 is 0. The van der Waals surface area contributed by atoms with E-state index in [-0.39, 0.29) is 6.04 Å². The van der Waals surface area contributed by atoms with Crippen LogP contribution in [0, 0.1) is 5.92 Å². The molecule has 0 amide bonds. The fourth-order valence-electron chi connectivity index (χ4n) is 1.67. The van der Waals surface area contributed by atoms with Crippen LogP contribution in [0.25, 0.3) is 0 Å². The van der Waals surface area contributed by atoms with Crippen molar-refractivity contribution >= 4 is 10.8 Å². The van der Waals surface area contributed by atoms with Crippen molar-refractivity contribution in [2.75, 3.05) is 18.6 Å². The first-order chi connectivity index (χ1) is 8.56. The molecular weight excluding hydrogens is 246 g/mol. The molecule has 3 unspecified atom stereocenters. The van der Waals surface area contributed by atoms with E-state index < -0.39 is 10.8 Å². The summed E-state index contributed by atoms with van der Waals surface area (Å²) in [5.74, 6) is 2.52. The second-order valence-electron chi connectivity index (χ2n) is 4.67. The van der Waals surface area contributed by atoms with Gasteiger partial charge in [0, 0.05) is 28.3 Å². The summed E-state index contributed by atoms with van der Waals surface area (Å²) in [6.45, 7) is 4.23. The minimum absolute atomic E-state index is 0.190. The van der Waals surface area contributed by atoms with Crippen LogP contribution in [0.4, 0.5) is 0 Å². The van der Waals surface area contributed by atoms with Crippen LogP contribution in [-0.2, 0) is 10.8 Å². The van der Waals surface area contributed by atoms with Gasteiger partial charge in [0.15, 0.2) is 0 Å². The highest BCUT2D eigenvalue weighted by Crippen LogP contribution is 2.18. The highest BCUT2D eigenvalue weighted by molar-refractivity contribution is 7.85. The number of nitrogens with two attached hydrogens (primary N) is 1. The van der Waals surface area contributed by atoms with Crippen LogP contribution in [0.5, 0.6) is 5.75 Å². The van der Waals surface area contributed by atoms with Gasteiger partial charge >= 0.3 is 0 Å². The van der Waals surface area contributed by atoms with Crippen LogP contribution < -0.4 is 10.5 Å². The molecule has 1 rings (SSSR count). The van der Waals surface area contributed by atoms with Gasteiger partial charge in [-0.15, -0.1) is 0 Å². The van der Waals surface area contributed by atoms with Crippen molar-refractivity contribution in [3.63, 3.8) is 0 Å². The first kappa shape index (κ1) is 15.2. The number of hydrogen-bond acceptors (Lipinski definition) is 3. The van der Waals surface area contributed by atoms with Crippen LogP contribution in [0.3, 0.4) is 0 Å². The van der Waals surface area contributed by atoms with Crippen molar-refractivity contribution in [2.45, 2.75) is 26.3 Å². The zero-order valence-electron chi connectivity index (χ0n) is 11.4. The zero-order valence-corrected chi connectivity index (χ0v) is 12.2. The second-order valence-corrected chi connectivity index (χ2v) is 6.22. The molecule has 3 atom stereocenters. The number of hydrogen-bond donors (Lipinski definition) is 1. The number of rotatable bonds is 7. The average molecular weight is 269 g/mol. The van der Waals surface area contributed by atoms with E-state index in [4.69, 9.17) is 10.5 Å². The van der Waals surface area contributed by atoms with Gasteiger partial charge in [-0.25, -0.2) is 0 Å². The minimum Gasteiger partial charge on any atom is -0.497 e. The van der Waals surface area contributed by atoms with Gasteiger partial charge in [0.05, 0.1) is 7.11 Å². The molecule has 3 nitrogen and oxygen atoms in total. The smallest absolute Gasteiger partial charge is 0.119 e. The summed E-state index contributed by atoms with van der Waals surface area (Å²) in [5, 5.41) is 0. The summed E-state index contributed by atoms with van der Waals surface area (Å²) in [7, 11) is 0.776. The Bertz CT molecular complexity index is 395. The lowest BCUT2D eigenvalue weighted by atomic mass is 10.1. The largest absolute Gasteiger partial charge is 0.497 e. The van der Waals surface area contributed by atoms with E-state index in [1.165, 1.54) is 0 Å². The molecule has 0 aliphatic heterocycles. The molecule has 0 aliphatic carbocycles. The Hall–Kier alpha value is -0.870. The van der Waals surface area contributed by atoms with Gasteiger partial charge in [0.2, 0.25) is 0 Å². The van der Waals surface area contributed by atoms with E-state index in [9.17, 15) is 4.21 Å². The lowest BCUT2D eigenvalue weighted by Crippen LogP contribution is -2.21. The van der Waals surface area contributed by atoms with Crippen LogP contribution >= 0.6 is 0 Å². The van der Waals surface area contributed by atoms with Gasteiger partial charge in [0.1, 0.15) is 5.75 Å². The quantitative estimate of drug-likeness (QED) is 0.827. The monoisotopic (exact) mass is 269 g/mol. The average Bonchev–Trinajstić information content (AvgIpc) is 2.38. The Morgan fingerprint density at radius 1 is 1.39 bits per heavy atom. The molecule has 1 aromatic rings. The molecule has 0 heterocycles. The Morgan fingerprint density at radius 2 is 2.11 bits per heavy atom. The number of benzene rings is 1. The molecule has 102 valence electrons. The molecule has 0 radical (unpaired) electrons. The SMILES string of the molecule is CCC(C)CS(=O)CC(N)c1cccc(OC)c1. The van der Waals surface area contributed by atoms with Crippen molar-refractivity contribution in [1.29, 1.82) is 0 Å². The molecule has 0 saturated carbocycles. The molecule has 0 aliphatic rings. The molecule has 0 aromatic heterocycles. The molecule has 2 N–H and O–H groups in total. The summed E-state index contributed by atoms with van der Waals surface area (Å²) in [6, 6.07) is 7.46. The predicted octanol–water partition coefficient (Wildman–Crippen LogP) is 2.49. The maximum Gasteiger partial charge on any atom is 0.119 e. The van der Waals surface area contributed by atoms with Gasteiger partial charge in [-0.3, -0.25) is 4.21 Å². The van der Waals surface area contributed by atoms with Crippen LogP contribution in [-0.4, -0.2) is 22.8 Å². The van der Waals surface area contributed by atoms with E-state index in [0.29, 0.717) is 11.7 Å². The molecule has 18 heavy (non-hydrogen) atoms. The predicted molar refractivity (Wildman–Crippen MR) is 77.3 cm³/mol. The standard InChI is InChI=1S/C14H23NO2S/c1-4-11(2)9-18(16)10-14(15)12-6-5-7-13(8-12)17-3/h5-8,11,14H,4,9-10,15H2,1-3H3. The Kier molecular flexibility index (Phi) is 6.36. The van der Waals surface area contributed by atoms with Crippen LogP contribution in [0.2, 0.25) is 0 Å². The summed E-state index contributed by atoms with van der Waals surface area (Å²) in [6.07, 6.45) is 1.06. The fraction of sp³-hybridized carbons (Fsp3) is 0.571. The summed E-state index contributed by atoms with van der Waals surface area (Å²) in [4.78, 5) is 0. The third-order valence-electron chi connectivity index (χ3n) is 3.05. The van der Waals surface area contributed by atoms with E-state index in [1.807, 2.05) is 24.3 Å². The molecule has 0 saturated heterocycles. The summed E-state index contributed by atoms with van der Waals surface area (Å²) in [5.41, 5.74) is 7.07. The van der Waals surface area contributed by atoms with Gasteiger partial charge in [-0.1, -0.05) is 32.4 Å². The van der Waals surface area contributed by atoms with Crippen LogP contribution in [0.15, 0.2) is 24.3 Å². The Labute approximate surface area is 112 Å². The Balaban J connectivity index is 2.58. The van der Waals surface area contributed by atoms with E-state index in [1.54, 1.807) is 7.11 Å². The van der Waals surface area contributed by atoms with Crippen molar-refractivity contribution in [2.24, 2.45) is 11.7 Å². The van der Waals surface area contributed by atoms with E-state index >= 15 is 0 Å². The van der Waals surface area contributed by atoms with E-state index in [2.05, 4.69) is 13.8 Å². The fourth-order valence-corrected chi connectivity index (χ4v) is 3.27. The maximum absolute atomic E-state index is 12.0. The van der Waals surface area contributed by atoms with Crippen molar-refractivity contribution in [3.8, 4) is 5.75 Å². The Morgan fingerprint density at radius 3 is 2.72 bits per heavy atom. The summed E-state index contributed by atoms with van der Waals surface area (Å²) < 4.78 is 17.1. The number of ether oxygens (including phenoxy) is 1. The molecule has 4 heteroatoms. The van der Waals surface area contributed by atoms with Crippen molar-refractivity contribution in [3.05, 3.63) is 29.8 Å². The highest BCUT2D eigenvalue weighted by atomic mass is 32.2. The third-order valence-corrected chi connectivity index (χ3v) is 4.73. The topological polar surface area (TPSA) is 52.3 Å². The van der Waals surface area contributed by atoms with Gasteiger partial charge < -0.3 is 10.5 Å². The molecule has 0 spiro atoms. The van der Waals surface area contributed by atoms with E-state index in [0.717, 1.165) is 23.5 Å². The first-order valence-corrected chi connectivity index (χ1v) is 7.80. The zero-order chi connectivity index (χ0) is 13.5. The normalized spacial score (nSPS) is 16.0. The second kappa shape index (κ2) is 7.54. The van der Waals surface area contributed by atoms with Crippen LogP contribution in [0.1, 0.15) is 31.9 Å². The maximum atomic E-state index is 12.0. The molecule has 1 aromatic carbocycles. The highest BCUT2D eigenvalue weighted by Gasteiger charge is 2.13. The third kappa shape index (κ3) is 4.78. The van der Waals surface area contributed by atoms with Gasteiger partial charge in [-0.05, 0) is 23.6 Å². The van der Waals surface area contributed by atoms with Gasteiger partial charge in [0.25, 0.3) is 0 Å². The molecule has 0 bridgehead atoms. The molecular formula is C14H23NO2S. The lowest BCUT2D eigenvalue weighted by molar-refractivity contribution is 0.414. The van der Waals surface area contributed by atoms with Crippen molar-refractivity contribution < 1.29 is 8.95 Å². The van der Waals surface area contributed by atoms with Crippen molar-refractivity contribution in [1.82, 2.24) is 0 Å². The number of methoxy groups -OCH3 is 1. The first-order valence-electron chi connectivity index (χ1n) is 6.31. The van der Waals surface area contributed by atoms with Gasteiger partial charge in [-0.2, -0.15) is 0 Å². The molecule has 0 fully saturated rings. The minimum atomic E-state index is -0.855. The lowest BCUT2D eigenvalue weighted by Gasteiger charge is -2.14.